The van der Waals surface area contributed by atoms with Gasteiger partial charge in [0.05, 0.1) is 0 Å². The van der Waals surface area contributed by atoms with E-state index in [1.54, 1.807) is 0 Å². The minimum atomic E-state index is 0.552. The number of unbranched alkanes of at least 4 members (excludes halogenated alkanes) is 1. The molecule has 0 aromatic rings. The van der Waals surface area contributed by atoms with Gasteiger partial charge in [0.2, 0.25) is 0 Å². The lowest BCUT2D eigenvalue weighted by Crippen LogP contribution is -2.37. The van der Waals surface area contributed by atoms with Gasteiger partial charge in [-0.25, -0.2) is 0 Å². The molecule has 1 rings (SSSR count). The Morgan fingerprint density at radius 1 is 1.05 bits per heavy atom. The fraction of sp³-hybridized carbons (Fsp3) is 1.00. The summed E-state index contributed by atoms with van der Waals surface area (Å²) in [6.07, 6.45) is 9.59. The fourth-order valence-electron chi connectivity index (χ4n) is 3.23. The van der Waals surface area contributed by atoms with E-state index in [4.69, 9.17) is 0 Å². The van der Waals surface area contributed by atoms with Crippen LogP contribution in [-0.2, 0) is 0 Å². The van der Waals surface area contributed by atoms with Gasteiger partial charge in [-0.2, -0.15) is 0 Å². The van der Waals surface area contributed by atoms with E-state index < -0.39 is 0 Å². The Balaban J connectivity index is 2.10. The maximum atomic E-state index is 3.77. The molecule has 0 atom stereocenters. The van der Waals surface area contributed by atoms with Crippen molar-refractivity contribution in [3.8, 4) is 0 Å². The van der Waals surface area contributed by atoms with Gasteiger partial charge in [0, 0.05) is 6.04 Å². The molecule has 1 aliphatic rings. The van der Waals surface area contributed by atoms with Crippen LogP contribution in [0.25, 0.3) is 0 Å². The summed E-state index contributed by atoms with van der Waals surface area (Å²) in [5.74, 6) is 0.948. The Bertz CT molecular complexity index is 227. The predicted octanol–water partition coefficient (Wildman–Crippen LogP) is 3.91. The second-order valence-corrected chi connectivity index (χ2v) is 7.36. The van der Waals surface area contributed by atoms with Crippen LogP contribution >= 0.6 is 0 Å². The maximum Gasteiger partial charge on any atom is 0.00672 e. The number of nitrogens with one attached hydrogen (secondary N) is 1. The molecule has 0 radical (unpaired) electrons. The van der Waals surface area contributed by atoms with Gasteiger partial charge in [-0.15, -0.1) is 0 Å². The van der Waals surface area contributed by atoms with Crippen LogP contribution in [0.5, 0.6) is 0 Å². The Hall–Kier alpha value is -0.0800. The molecule has 1 N–H and O–H groups in total. The quantitative estimate of drug-likeness (QED) is 0.671. The Morgan fingerprint density at radius 2 is 1.68 bits per heavy atom. The summed E-state index contributed by atoms with van der Waals surface area (Å²) in [5.41, 5.74) is 0.552. The van der Waals surface area contributed by atoms with E-state index in [2.05, 4.69) is 45.1 Å². The van der Waals surface area contributed by atoms with E-state index in [0.29, 0.717) is 5.41 Å². The van der Waals surface area contributed by atoms with Crippen molar-refractivity contribution in [1.29, 1.82) is 0 Å². The van der Waals surface area contributed by atoms with Crippen LogP contribution < -0.4 is 5.32 Å². The summed E-state index contributed by atoms with van der Waals surface area (Å²) in [6, 6.07) is 0.795. The van der Waals surface area contributed by atoms with Gasteiger partial charge < -0.3 is 10.2 Å². The molecule has 2 nitrogen and oxygen atoms in total. The highest BCUT2D eigenvalue weighted by molar-refractivity contribution is 4.84. The van der Waals surface area contributed by atoms with Gasteiger partial charge in [-0.1, -0.05) is 27.2 Å². The van der Waals surface area contributed by atoms with Crippen LogP contribution in [0, 0.1) is 11.3 Å². The molecule has 1 aliphatic carbocycles. The SMILES string of the molecule is CCC(C)(C)C1CCC(NCCCCN(C)C)CC1. The molecule has 0 saturated heterocycles. The van der Waals surface area contributed by atoms with Gasteiger partial charge in [0.15, 0.2) is 0 Å². The summed E-state index contributed by atoms with van der Waals surface area (Å²) < 4.78 is 0. The molecule has 0 aliphatic heterocycles. The first kappa shape index (κ1) is 17.0. The zero-order chi connectivity index (χ0) is 14.3. The monoisotopic (exact) mass is 268 g/mol. The van der Waals surface area contributed by atoms with Crippen molar-refractivity contribution < 1.29 is 0 Å². The molecule has 0 aromatic carbocycles. The predicted molar refractivity (Wildman–Crippen MR) is 85.6 cm³/mol. The van der Waals surface area contributed by atoms with Crippen molar-refractivity contribution in [2.75, 3.05) is 27.2 Å². The standard InChI is InChI=1S/C17H36N2/c1-6-17(2,3)15-9-11-16(12-10-15)18-13-7-8-14-19(4)5/h15-16,18H,6-14H2,1-5H3. The molecule has 0 amide bonds. The third-order valence-electron chi connectivity index (χ3n) is 5.21. The summed E-state index contributed by atoms with van der Waals surface area (Å²) in [6.45, 7) is 9.67. The molecule has 19 heavy (non-hydrogen) atoms. The van der Waals surface area contributed by atoms with Gasteiger partial charge in [0.25, 0.3) is 0 Å². The smallest absolute Gasteiger partial charge is 0.00672 e. The van der Waals surface area contributed by atoms with E-state index >= 15 is 0 Å². The Kier molecular flexibility index (Phi) is 7.38. The van der Waals surface area contributed by atoms with Crippen LogP contribution in [0.15, 0.2) is 0 Å². The molecule has 0 unspecified atom stereocenters. The third-order valence-corrected chi connectivity index (χ3v) is 5.21. The van der Waals surface area contributed by atoms with E-state index in [9.17, 15) is 0 Å². The molecular weight excluding hydrogens is 232 g/mol. The van der Waals surface area contributed by atoms with E-state index in [0.717, 1.165) is 12.0 Å². The van der Waals surface area contributed by atoms with Crippen molar-refractivity contribution in [2.24, 2.45) is 11.3 Å². The molecule has 2 heteroatoms. The van der Waals surface area contributed by atoms with Crippen LogP contribution in [0.4, 0.5) is 0 Å². The topological polar surface area (TPSA) is 15.3 Å². The molecule has 0 aromatic heterocycles. The van der Waals surface area contributed by atoms with E-state index in [-0.39, 0.29) is 0 Å². The van der Waals surface area contributed by atoms with Gasteiger partial charge in [-0.3, -0.25) is 0 Å². The number of nitrogens with zero attached hydrogens (tertiary/aromatic N) is 1. The fourth-order valence-corrected chi connectivity index (χ4v) is 3.23. The summed E-state index contributed by atoms with van der Waals surface area (Å²) in [7, 11) is 4.31. The normalized spacial score (nSPS) is 24.9. The Morgan fingerprint density at radius 3 is 2.21 bits per heavy atom. The molecule has 0 bridgehead atoms. The third kappa shape index (κ3) is 6.27. The molecule has 1 saturated carbocycles. The maximum absolute atomic E-state index is 3.77. The number of rotatable bonds is 8. The molecule has 0 heterocycles. The first-order valence-corrected chi connectivity index (χ1v) is 8.34. The van der Waals surface area contributed by atoms with Crippen LogP contribution in [0.1, 0.15) is 65.7 Å². The molecule has 1 fully saturated rings. The molecular formula is C17H36N2. The highest BCUT2D eigenvalue weighted by atomic mass is 15.0. The minimum Gasteiger partial charge on any atom is -0.314 e. The van der Waals surface area contributed by atoms with Gasteiger partial charge in [-0.05, 0) is 77.0 Å². The Labute approximate surface area is 121 Å². The zero-order valence-electron chi connectivity index (χ0n) is 14.0. The van der Waals surface area contributed by atoms with Gasteiger partial charge in [0.1, 0.15) is 0 Å². The second kappa shape index (κ2) is 8.26. The summed E-state index contributed by atoms with van der Waals surface area (Å²) in [5, 5.41) is 3.77. The van der Waals surface area contributed by atoms with E-state index in [1.807, 2.05) is 0 Å². The first-order valence-electron chi connectivity index (χ1n) is 8.34. The minimum absolute atomic E-state index is 0.552. The summed E-state index contributed by atoms with van der Waals surface area (Å²) in [4.78, 5) is 2.28. The van der Waals surface area contributed by atoms with Gasteiger partial charge >= 0.3 is 0 Å². The average Bonchev–Trinajstić information content (AvgIpc) is 2.38. The highest BCUT2D eigenvalue weighted by Crippen LogP contribution is 2.40. The molecule has 114 valence electrons. The first-order chi connectivity index (χ1) is 8.95. The van der Waals surface area contributed by atoms with E-state index in [1.165, 1.54) is 58.0 Å². The highest BCUT2D eigenvalue weighted by Gasteiger charge is 2.31. The summed E-state index contributed by atoms with van der Waals surface area (Å²) >= 11 is 0. The van der Waals surface area contributed by atoms with Crippen LogP contribution in [0.2, 0.25) is 0 Å². The lowest BCUT2D eigenvalue weighted by molar-refractivity contribution is 0.137. The average molecular weight is 268 g/mol. The lowest BCUT2D eigenvalue weighted by Gasteiger charge is -2.39. The second-order valence-electron chi connectivity index (χ2n) is 7.36. The number of hydrogen-bond donors (Lipinski definition) is 1. The van der Waals surface area contributed by atoms with Crippen molar-refractivity contribution in [3.63, 3.8) is 0 Å². The molecule has 0 spiro atoms. The van der Waals surface area contributed by atoms with Crippen LogP contribution in [-0.4, -0.2) is 38.1 Å². The van der Waals surface area contributed by atoms with Crippen molar-refractivity contribution >= 4 is 0 Å². The van der Waals surface area contributed by atoms with Crippen molar-refractivity contribution in [3.05, 3.63) is 0 Å². The largest absolute Gasteiger partial charge is 0.314 e. The van der Waals surface area contributed by atoms with Crippen molar-refractivity contribution in [2.45, 2.75) is 71.8 Å². The van der Waals surface area contributed by atoms with Crippen molar-refractivity contribution in [1.82, 2.24) is 10.2 Å². The zero-order valence-corrected chi connectivity index (χ0v) is 14.0. The number of hydrogen-bond acceptors (Lipinski definition) is 2. The lowest BCUT2D eigenvalue weighted by atomic mass is 9.69. The van der Waals surface area contributed by atoms with Crippen LogP contribution in [0.3, 0.4) is 0 Å².